The standard InChI is InChI=1S/C18H17BrO4/c1-21-16-11-18(23-3)17(22-2)10-14(16)15(20)9-6-12-4-7-13(19)8-5-12/h4-11H,1-3H3. The molecular weight excluding hydrogens is 360 g/mol. The lowest BCUT2D eigenvalue weighted by atomic mass is 10.1. The van der Waals surface area contributed by atoms with Crippen LogP contribution < -0.4 is 14.2 Å². The van der Waals surface area contributed by atoms with E-state index >= 15 is 0 Å². The van der Waals surface area contributed by atoms with Crippen LogP contribution in [0.4, 0.5) is 0 Å². The van der Waals surface area contributed by atoms with E-state index in [1.807, 2.05) is 24.3 Å². The van der Waals surface area contributed by atoms with Gasteiger partial charge < -0.3 is 14.2 Å². The lowest BCUT2D eigenvalue weighted by molar-refractivity contribution is 0.104. The summed E-state index contributed by atoms with van der Waals surface area (Å²) in [5, 5.41) is 0. The van der Waals surface area contributed by atoms with E-state index in [-0.39, 0.29) is 5.78 Å². The smallest absolute Gasteiger partial charge is 0.189 e. The van der Waals surface area contributed by atoms with Gasteiger partial charge in [-0.3, -0.25) is 4.79 Å². The Labute approximate surface area is 143 Å². The van der Waals surface area contributed by atoms with Crippen molar-refractivity contribution in [3.8, 4) is 17.2 Å². The molecule has 5 heteroatoms. The molecule has 0 fully saturated rings. The highest BCUT2D eigenvalue weighted by molar-refractivity contribution is 9.10. The molecule has 23 heavy (non-hydrogen) atoms. The highest BCUT2D eigenvalue weighted by Crippen LogP contribution is 2.35. The molecule has 0 atom stereocenters. The van der Waals surface area contributed by atoms with Crippen LogP contribution in [0, 0.1) is 0 Å². The number of carbonyl (C=O) groups excluding carboxylic acids is 1. The Bertz CT molecular complexity index is 721. The Morgan fingerprint density at radius 2 is 1.48 bits per heavy atom. The lowest BCUT2D eigenvalue weighted by Gasteiger charge is -2.12. The van der Waals surface area contributed by atoms with Crippen molar-refractivity contribution in [3.63, 3.8) is 0 Å². The summed E-state index contributed by atoms with van der Waals surface area (Å²) in [5.41, 5.74) is 1.35. The van der Waals surface area contributed by atoms with Gasteiger partial charge >= 0.3 is 0 Å². The first-order chi connectivity index (χ1) is 11.1. The fourth-order valence-electron chi connectivity index (χ4n) is 2.06. The van der Waals surface area contributed by atoms with Crippen LogP contribution >= 0.6 is 15.9 Å². The van der Waals surface area contributed by atoms with E-state index in [1.165, 1.54) is 27.4 Å². The molecule has 0 heterocycles. The van der Waals surface area contributed by atoms with Crippen molar-refractivity contribution < 1.29 is 19.0 Å². The van der Waals surface area contributed by atoms with Crippen LogP contribution in [0.15, 0.2) is 46.9 Å². The third kappa shape index (κ3) is 4.13. The number of methoxy groups -OCH3 is 3. The quantitative estimate of drug-likeness (QED) is 0.554. The molecule has 0 amide bonds. The van der Waals surface area contributed by atoms with Gasteiger partial charge in [-0.05, 0) is 29.8 Å². The zero-order valence-electron chi connectivity index (χ0n) is 13.1. The molecule has 0 N–H and O–H groups in total. The molecule has 0 aromatic heterocycles. The summed E-state index contributed by atoms with van der Waals surface area (Å²) in [6, 6.07) is 10.9. The van der Waals surface area contributed by atoms with Crippen LogP contribution in [-0.4, -0.2) is 27.1 Å². The molecule has 0 unspecified atom stereocenters. The van der Waals surface area contributed by atoms with Crippen LogP contribution in [0.2, 0.25) is 0 Å². The van der Waals surface area contributed by atoms with E-state index in [1.54, 1.807) is 18.2 Å². The van der Waals surface area contributed by atoms with Crippen molar-refractivity contribution in [1.82, 2.24) is 0 Å². The van der Waals surface area contributed by atoms with Crippen LogP contribution in [0.3, 0.4) is 0 Å². The maximum absolute atomic E-state index is 12.5. The Morgan fingerprint density at radius 1 is 0.913 bits per heavy atom. The second kappa shape index (κ2) is 7.83. The van der Waals surface area contributed by atoms with E-state index in [4.69, 9.17) is 14.2 Å². The Balaban J connectivity index is 2.32. The Kier molecular flexibility index (Phi) is 5.82. The minimum absolute atomic E-state index is 0.175. The van der Waals surface area contributed by atoms with Crippen molar-refractivity contribution in [2.75, 3.05) is 21.3 Å². The van der Waals surface area contributed by atoms with Crippen LogP contribution in [0.5, 0.6) is 17.2 Å². The first kappa shape index (κ1) is 17.1. The Morgan fingerprint density at radius 3 is 2.04 bits per heavy atom. The van der Waals surface area contributed by atoms with Crippen molar-refractivity contribution in [1.29, 1.82) is 0 Å². The number of hydrogen-bond acceptors (Lipinski definition) is 4. The van der Waals surface area contributed by atoms with Crippen molar-refractivity contribution in [3.05, 3.63) is 58.1 Å². The molecule has 0 aliphatic carbocycles. The average molecular weight is 377 g/mol. The normalized spacial score (nSPS) is 10.6. The van der Waals surface area contributed by atoms with Gasteiger partial charge in [0.25, 0.3) is 0 Å². The molecule has 0 spiro atoms. The van der Waals surface area contributed by atoms with Gasteiger partial charge in [-0.1, -0.05) is 34.1 Å². The number of ketones is 1. The lowest BCUT2D eigenvalue weighted by Crippen LogP contribution is -2.01. The second-order valence-corrected chi connectivity index (χ2v) is 5.57. The fourth-order valence-corrected chi connectivity index (χ4v) is 2.32. The maximum atomic E-state index is 12.5. The number of allylic oxidation sites excluding steroid dienone is 1. The summed E-state index contributed by atoms with van der Waals surface area (Å²) in [7, 11) is 4.57. The first-order valence-corrected chi connectivity index (χ1v) is 7.66. The van der Waals surface area contributed by atoms with Gasteiger partial charge in [0.2, 0.25) is 0 Å². The van der Waals surface area contributed by atoms with Crippen molar-refractivity contribution >= 4 is 27.8 Å². The number of benzene rings is 2. The fraction of sp³-hybridized carbons (Fsp3) is 0.167. The zero-order valence-corrected chi connectivity index (χ0v) is 14.7. The molecule has 0 saturated heterocycles. The van der Waals surface area contributed by atoms with Gasteiger partial charge in [0.05, 0.1) is 26.9 Å². The number of carbonyl (C=O) groups is 1. The maximum Gasteiger partial charge on any atom is 0.189 e. The molecular formula is C18H17BrO4. The second-order valence-electron chi connectivity index (χ2n) is 4.66. The predicted molar refractivity (Wildman–Crippen MR) is 93.6 cm³/mol. The third-order valence-corrected chi connectivity index (χ3v) is 3.80. The summed E-state index contributed by atoms with van der Waals surface area (Å²) < 4.78 is 16.7. The molecule has 0 bridgehead atoms. The van der Waals surface area contributed by atoms with Gasteiger partial charge in [0.1, 0.15) is 5.75 Å². The molecule has 0 aliphatic heterocycles. The predicted octanol–water partition coefficient (Wildman–Crippen LogP) is 4.37. The van der Waals surface area contributed by atoms with E-state index in [0.717, 1.165) is 10.0 Å². The SMILES string of the molecule is COc1cc(OC)c(C(=O)C=Cc2ccc(Br)cc2)cc1OC. The molecule has 2 rings (SSSR count). The summed E-state index contributed by atoms with van der Waals surface area (Å²) >= 11 is 3.38. The number of hydrogen-bond donors (Lipinski definition) is 0. The highest BCUT2D eigenvalue weighted by Gasteiger charge is 2.15. The number of halogens is 1. The average Bonchev–Trinajstić information content (AvgIpc) is 2.59. The third-order valence-electron chi connectivity index (χ3n) is 3.27. The minimum Gasteiger partial charge on any atom is -0.496 e. The highest BCUT2D eigenvalue weighted by atomic mass is 79.9. The summed E-state index contributed by atoms with van der Waals surface area (Å²) in [6.45, 7) is 0. The molecule has 120 valence electrons. The topological polar surface area (TPSA) is 44.8 Å². The largest absolute Gasteiger partial charge is 0.496 e. The van der Waals surface area contributed by atoms with Gasteiger partial charge in [-0.25, -0.2) is 0 Å². The monoisotopic (exact) mass is 376 g/mol. The Hall–Kier alpha value is -2.27. The molecule has 0 saturated carbocycles. The molecule has 4 nitrogen and oxygen atoms in total. The van der Waals surface area contributed by atoms with Crippen LogP contribution in [-0.2, 0) is 0 Å². The van der Waals surface area contributed by atoms with Gasteiger partial charge in [0, 0.05) is 10.5 Å². The molecule has 2 aromatic rings. The summed E-state index contributed by atoms with van der Waals surface area (Å²) in [5.74, 6) is 1.25. The van der Waals surface area contributed by atoms with Gasteiger partial charge in [-0.15, -0.1) is 0 Å². The zero-order chi connectivity index (χ0) is 16.8. The minimum atomic E-state index is -0.175. The van der Waals surface area contributed by atoms with E-state index in [9.17, 15) is 4.79 Å². The summed E-state index contributed by atoms with van der Waals surface area (Å²) in [6.07, 6.45) is 3.26. The number of rotatable bonds is 6. The molecule has 0 radical (unpaired) electrons. The molecule has 0 aliphatic rings. The van der Waals surface area contributed by atoms with E-state index < -0.39 is 0 Å². The van der Waals surface area contributed by atoms with Gasteiger partial charge in [0.15, 0.2) is 17.3 Å². The first-order valence-electron chi connectivity index (χ1n) is 6.87. The van der Waals surface area contributed by atoms with Crippen molar-refractivity contribution in [2.45, 2.75) is 0 Å². The van der Waals surface area contributed by atoms with Crippen LogP contribution in [0.25, 0.3) is 6.08 Å². The van der Waals surface area contributed by atoms with Crippen molar-refractivity contribution in [2.24, 2.45) is 0 Å². The van der Waals surface area contributed by atoms with E-state index in [2.05, 4.69) is 15.9 Å². The van der Waals surface area contributed by atoms with E-state index in [0.29, 0.717) is 22.8 Å². The molecule has 2 aromatic carbocycles. The summed E-state index contributed by atoms with van der Waals surface area (Å²) in [4.78, 5) is 12.5. The van der Waals surface area contributed by atoms with Crippen LogP contribution in [0.1, 0.15) is 15.9 Å². The number of ether oxygens (including phenoxy) is 3. The van der Waals surface area contributed by atoms with Gasteiger partial charge in [-0.2, -0.15) is 0 Å².